The molecule has 1 aliphatic heterocycles. The summed E-state index contributed by atoms with van der Waals surface area (Å²) in [5.41, 5.74) is 0.587. The first-order valence-corrected chi connectivity index (χ1v) is 7.02. The van der Waals surface area contributed by atoms with Crippen molar-refractivity contribution in [3.05, 3.63) is 28.5 Å². The minimum absolute atomic E-state index is 0.277. The van der Waals surface area contributed by atoms with Crippen LogP contribution in [-0.2, 0) is 15.1 Å². The predicted octanol–water partition coefficient (Wildman–Crippen LogP) is 1.52. The number of ether oxygens (including phenoxy) is 1. The zero-order chi connectivity index (χ0) is 13.5. The van der Waals surface area contributed by atoms with Crippen molar-refractivity contribution >= 4 is 21.9 Å². The minimum Gasteiger partial charge on any atom is -0.480 e. The molecule has 0 unspecified atom stereocenters. The molecule has 6 heteroatoms. The van der Waals surface area contributed by atoms with E-state index in [1.807, 2.05) is 12.1 Å². The topological polar surface area (TPSA) is 71.5 Å². The first kappa shape index (κ1) is 13.0. The molecule has 19 heavy (non-hydrogen) atoms. The molecule has 3 rings (SSSR count). The third-order valence-corrected chi connectivity index (χ3v) is 4.46. The molecule has 2 N–H and O–H groups in total. The Bertz CT molecular complexity index is 491. The van der Waals surface area contributed by atoms with Gasteiger partial charge in [-0.05, 0) is 40.9 Å². The predicted molar refractivity (Wildman–Crippen MR) is 71.7 cm³/mol. The Balaban J connectivity index is 1.80. The largest absolute Gasteiger partial charge is 0.480 e. The van der Waals surface area contributed by atoms with E-state index in [1.54, 1.807) is 6.20 Å². The third kappa shape index (κ3) is 2.28. The van der Waals surface area contributed by atoms with E-state index in [-0.39, 0.29) is 12.0 Å². The van der Waals surface area contributed by atoms with Crippen molar-refractivity contribution in [3.8, 4) is 0 Å². The highest BCUT2D eigenvalue weighted by Crippen LogP contribution is 2.57. The second-order valence-electron chi connectivity index (χ2n) is 5.50. The highest BCUT2D eigenvalue weighted by Gasteiger charge is 2.59. The molecule has 2 heterocycles. The molecule has 0 atom stereocenters. The third-order valence-electron chi connectivity index (χ3n) is 3.99. The number of pyridine rings is 1. The van der Waals surface area contributed by atoms with Gasteiger partial charge < -0.3 is 15.2 Å². The second-order valence-corrected chi connectivity index (χ2v) is 6.41. The molecule has 1 spiro atoms. The fourth-order valence-electron chi connectivity index (χ4n) is 3.09. The lowest BCUT2D eigenvalue weighted by Crippen LogP contribution is -2.66. The molecule has 0 bridgehead atoms. The summed E-state index contributed by atoms with van der Waals surface area (Å²) in [6.07, 6.45) is 3.41. The smallest absolute Gasteiger partial charge is 0.329 e. The van der Waals surface area contributed by atoms with Crippen LogP contribution in [0.3, 0.4) is 0 Å². The summed E-state index contributed by atoms with van der Waals surface area (Å²) < 4.78 is 6.59. The highest BCUT2D eigenvalue weighted by atomic mass is 79.9. The molecule has 1 saturated carbocycles. The van der Waals surface area contributed by atoms with E-state index >= 15 is 0 Å². The summed E-state index contributed by atoms with van der Waals surface area (Å²) in [5.74, 6) is -0.941. The molecule has 102 valence electrons. The average Bonchev–Trinajstić information content (AvgIpc) is 2.27. The second kappa shape index (κ2) is 4.54. The maximum absolute atomic E-state index is 10.8. The van der Waals surface area contributed by atoms with Gasteiger partial charge in [-0.25, -0.2) is 4.79 Å². The Morgan fingerprint density at radius 1 is 1.47 bits per heavy atom. The SMILES string of the molecule is O=C(O)COC1(c2ccc(Br)cn2)CC2(CNC2)C1. The maximum atomic E-state index is 10.8. The van der Waals surface area contributed by atoms with Gasteiger partial charge in [0.25, 0.3) is 0 Å². The number of nitrogens with zero attached hydrogens (tertiary/aromatic N) is 1. The summed E-state index contributed by atoms with van der Waals surface area (Å²) >= 11 is 3.35. The van der Waals surface area contributed by atoms with Crippen LogP contribution in [0.25, 0.3) is 0 Å². The molecular weight excluding hydrogens is 312 g/mol. The zero-order valence-corrected chi connectivity index (χ0v) is 11.9. The molecule has 2 fully saturated rings. The quantitative estimate of drug-likeness (QED) is 0.877. The van der Waals surface area contributed by atoms with Crippen molar-refractivity contribution in [2.24, 2.45) is 5.41 Å². The molecule has 1 aliphatic carbocycles. The summed E-state index contributed by atoms with van der Waals surface area (Å²) in [6, 6.07) is 3.82. The molecule has 2 aliphatic rings. The van der Waals surface area contributed by atoms with Gasteiger partial charge in [0.15, 0.2) is 0 Å². The molecule has 1 saturated heterocycles. The molecule has 0 aromatic carbocycles. The number of hydrogen-bond acceptors (Lipinski definition) is 4. The van der Waals surface area contributed by atoms with Gasteiger partial charge in [0.2, 0.25) is 0 Å². The molecule has 0 radical (unpaired) electrons. The van der Waals surface area contributed by atoms with Crippen molar-refractivity contribution < 1.29 is 14.6 Å². The minimum atomic E-state index is -0.941. The molecular formula is C13H15BrN2O3. The van der Waals surface area contributed by atoms with E-state index < -0.39 is 11.6 Å². The fourth-order valence-corrected chi connectivity index (χ4v) is 3.33. The van der Waals surface area contributed by atoms with Gasteiger partial charge in [-0.15, -0.1) is 0 Å². The monoisotopic (exact) mass is 326 g/mol. The van der Waals surface area contributed by atoms with Crippen molar-refractivity contribution in [1.29, 1.82) is 0 Å². The number of carboxylic acids is 1. The van der Waals surface area contributed by atoms with Gasteiger partial charge >= 0.3 is 5.97 Å². The summed E-state index contributed by atoms with van der Waals surface area (Å²) in [6.45, 7) is 1.70. The van der Waals surface area contributed by atoms with Crippen LogP contribution in [0.5, 0.6) is 0 Å². The van der Waals surface area contributed by atoms with Crippen molar-refractivity contribution in [3.63, 3.8) is 0 Å². The number of carbonyl (C=O) groups is 1. The number of aliphatic carboxylic acids is 1. The molecule has 1 aromatic rings. The Morgan fingerprint density at radius 3 is 2.68 bits per heavy atom. The van der Waals surface area contributed by atoms with Crippen LogP contribution in [0.4, 0.5) is 0 Å². The molecule has 0 amide bonds. The van der Waals surface area contributed by atoms with Gasteiger partial charge in [-0.2, -0.15) is 0 Å². The Labute approximate surface area is 119 Å². The van der Waals surface area contributed by atoms with E-state index in [0.29, 0.717) is 0 Å². The van der Waals surface area contributed by atoms with Crippen LogP contribution in [-0.4, -0.2) is 35.8 Å². The van der Waals surface area contributed by atoms with E-state index in [0.717, 1.165) is 36.1 Å². The highest BCUT2D eigenvalue weighted by molar-refractivity contribution is 9.10. The lowest BCUT2D eigenvalue weighted by atomic mass is 9.55. The van der Waals surface area contributed by atoms with Crippen LogP contribution in [0.1, 0.15) is 18.5 Å². The van der Waals surface area contributed by atoms with Crippen LogP contribution >= 0.6 is 15.9 Å². The zero-order valence-electron chi connectivity index (χ0n) is 10.4. The molecule has 1 aromatic heterocycles. The van der Waals surface area contributed by atoms with E-state index in [4.69, 9.17) is 9.84 Å². The van der Waals surface area contributed by atoms with Crippen LogP contribution in [0.2, 0.25) is 0 Å². The average molecular weight is 327 g/mol. The van der Waals surface area contributed by atoms with Crippen molar-refractivity contribution in [1.82, 2.24) is 10.3 Å². The van der Waals surface area contributed by atoms with E-state index in [9.17, 15) is 4.79 Å². The van der Waals surface area contributed by atoms with Crippen molar-refractivity contribution in [2.45, 2.75) is 18.4 Å². The van der Waals surface area contributed by atoms with Crippen LogP contribution in [0, 0.1) is 5.41 Å². The summed E-state index contributed by atoms with van der Waals surface area (Å²) in [5, 5.41) is 12.1. The van der Waals surface area contributed by atoms with E-state index in [1.165, 1.54) is 0 Å². The van der Waals surface area contributed by atoms with Gasteiger partial charge in [0.05, 0.1) is 5.69 Å². The maximum Gasteiger partial charge on any atom is 0.329 e. The first-order valence-electron chi connectivity index (χ1n) is 6.22. The first-order chi connectivity index (χ1) is 9.04. The van der Waals surface area contributed by atoms with Crippen LogP contribution < -0.4 is 5.32 Å². The van der Waals surface area contributed by atoms with Crippen molar-refractivity contribution in [2.75, 3.05) is 19.7 Å². The summed E-state index contributed by atoms with van der Waals surface area (Å²) in [4.78, 5) is 15.1. The number of rotatable bonds is 4. The van der Waals surface area contributed by atoms with Gasteiger partial charge in [-0.1, -0.05) is 0 Å². The number of nitrogens with one attached hydrogen (secondary N) is 1. The van der Waals surface area contributed by atoms with Crippen LogP contribution in [0.15, 0.2) is 22.8 Å². The Hall–Kier alpha value is -0.980. The van der Waals surface area contributed by atoms with E-state index in [2.05, 4.69) is 26.2 Å². The lowest BCUT2D eigenvalue weighted by Gasteiger charge is -2.60. The number of aromatic nitrogens is 1. The van der Waals surface area contributed by atoms with Gasteiger partial charge in [-0.3, -0.25) is 4.98 Å². The lowest BCUT2D eigenvalue weighted by molar-refractivity contribution is -0.201. The number of halogens is 1. The fraction of sp³-hybridized carbons (Fsp3) is 0.538. The van der Waals surface area contributed by atoms with Gasteiger partial charge in [0, 0.05) is 29.2 Å². The Morgan fingerprint density at radius 2 is 2.21 bits per heavy atom. The standard InChI is InChI=1S/C13H15BrN2O3/c14-9-1-2-10(16-3-9)13(19-4-11(17)18)5-12(6-13)7-15-8-12/h1-3,15H,4-8H2,(H,17,18). The van der Waals surface area contributed by atoms with Gasteiger partial charge in [0.1, 0.15) is 12.2 Å². The normalized spacial score (nSPS) is 22.6. The number of hydrogen-bond donors (Lipinski definition) is 2. The summed E-state index contributed by atoms with van der Waals surface area (Å²) in [7, 11) is 0. The molecule has 5 nitrogen and oxygen atoms in total. The number of carboxylic acid groups (broad SMARTS) is 1. The Kier molecular flexibility index (Phi) is 3.11.